The number of allylic oxidation sites excluding steroid dienone is 1. The van der Waals surface area contributed by atoms with Crippen LogP contribution in [0.2, 0.25) is 0 Å². The van der Waals surface area contributed by atoms with Gasteiger partial charge in [-0.05, 0) is 6.92 Å². The summed E-state index contributed by atoms with van der Waals surface area (Å²) >= 11 is 5.32. The molecule has 0 atom stereocenters. The molecule has 0 aliphatic rings. The average molecular weight is 163 g/mol. The first-order chi connectivity index (χ1) is 4.81. The van der Waals surface area contributed by atoms with E-state index in [4.69, 9.17) is 11.6 Å². The van der Waals surface area contributed by atoms with Gasteiger partial charge >= 0.3 is 6.03 Å². The number of alkyl halides is 1. The van der Waals surface area contributed by atoms with Gasteiger partial charge in [0.1, 0.15) is 0 Å². The largest absolute Gasteiger partial charge is 0.337 e. The van der Waals surface area contributed by atoms with E-state index in [1.165, 1.54) is 0 Å². The Kier molecular flexibility index (Phi) is 5.97. The van der Waals surface area contributed by atoms with Crippen LogP contribution in [-0.2, 0) is 0 Å². The fraction of sp³-hybridized carbons (Fsp3) is 0.500. The molecule has 0 aliphatic heterocycles. The monoisotopic (exact) mass is 162 g/mol. The summed E-state index contributed by atoms with van der Waals surface area (Å²) < 4.78 is 0. The van der Waals surface area contributed by atoms with Crippen LogP contribution in [0.5, 0.6) is 0 Å². The zero-order chi connectivity index (χ0) is 7.82. The van der Waals surface area contributed by atoms with Gasteiger partial charge < -0.3 is 10.6 Å². The van der Waals surface area contributed by atoms with Gasteiger partial charge in [0.05, 0.1) is 0 Å². The number of carbonyl (C=O) groups excluding carboxylic acids is 1. The maximum Gasteiger partial charge on any atom is 0.318 e. The van der Waals surface area contributed by atoms with Crippen molar-refractivity contribution in [1.29, 1.82) is 0 Å². The van der Waals surface area contributed by atoms with Crippen molar-refractivity contribution in [3.05, 3.63) is 12.3 Å². The van der Waals surface area contributed by atoms with Crippen LogP contribution in [0.25, 0.3) is 0 Å². The fourth-order valence-electron chi connectivity index (χ4n) is 0.371. The molecule has 0 aliphatic carbocycles. The number of rotatable bonds is 3. The van der Waals surface area contributed by atoms with Crippen molar-refractivity contribution in [2.24, 2.45) is 0 Å². The highest BCUT2D eigenvalue weighted by molar-refractivity contribution is 6.18. The second kappa shape index (κ2) is 6.42. The first-order valence-corrected chi connectivity index (χ1v) is 3.56. The molecule has 0 aromatic carbocycles. The van der Waals surface area contributed by atoms with Gasteiger partial charge in [-0.2, -0.15) is 0 Å². The molecule has 0 spiro atoms. The number of hydrogen-bond acceptors (Lipinski definition) is 1. The van der Waals surface area contributed by atoms with Crippen LogP contribution in [0.1, 0.15) is 6.92 Å². The van der Waals surface area contributed by atoms with Crippen LogP contribution in [0.3, 0.4) is 0 Å². The highest BCUT2D eigenvalue weighted by atomic mass is 35.5. The minimum absolute atomic E-state index is 0.223. The van der Waals surface area contributed by atoms with E-state index >= 15 is 0 Å². The van der Waals surface area contributed by atoms with Crippen molar-refractivity contribution in [1.82, 2.24) is 10.6 Å². The Morgan fingerprint density at radius 1 is 1.70 bits per heavy atom. The number of carbonyl (C=O) groups is 1. The topological polar surface area (TPSA) is 41.1 Å². The maximum atomic E-state index is 10.6. The molecule has 10 heavy (non-hydrogen) atoms. The Morgan fingerprint density at radius 3 is 2.90 bits per heavy atom. The van der Waals surface area contributed by atoms with E-state index in [2.05, 4.69) is 10.6 Å². The molecular weight excluding hydrogens is 152 g/mol. The minimum Gasteiger partial charge on any atom is -0.337 e. The highest BCUT2D eigenvalue weighted by Crippen LogP contribution is 1.71. The summed E-state index contributed by atoms with van der Waals surface area (Å²) in [5.74, 6) is 0.434. The van der Waals surface area contributed by atoms with Gasteiger partial charge in [0, 0.05) is 18.6 Å². The van der Waals surface area contributed by atoms with E-state index in [1.807, 2.05) is 6.92 Å². The average Bonchev–Trinajstić information content (AvgIpc) is 1.97. The van der Waals surface area contributed by atoms with Crippen LogP contribution in [0.4, 0.5) is 4.79 Å². The van der Waals surface area contributed by atoms with E-state index in [0.29, 0.717) is 12.4 Å². The molecule has 3 nitrogen and oxygen atoms in total. The summed E-state index contributed by atoms with van der Waals surface area (Å²) in [5.41, 5.74) is 0. The molecule has 58 valence electrons. The lowest BCUT2D eigenvalue weighted by Crippen LogP contribution is -2.33. The standard InChI is InChI=1S/C6H11ClN2O/c1-2-4-8-6(10)9-5-3-7/h2,4H,3,5H2,1H3,(H2,8,9,10)/b4-2+. The minimum atomic E-state index is -0.223. The Labute approximate surface area is 65.4 Å². The molecule has 0 aromatic rings. The molecule has 0 unspecified atom stereocenters. The first kappa shape index (κ1) is 9.30. The molecule has 0 saturated carbocycles. The molecular formula is C6H11ClN2O. The third-order valence-corrected chi connectivity index (χ3v) is 0.950. The fourth-order valence-corrected chi connectivity index (χ4v) is 0.465. The zero-order valence-electron chi connectivity index (χ0n) is 5.86. The maximum absolute atomic E-state index is 10.6. The van der Waals surface area contributed by atoms with Crippen molar-refractivity contribution in [2.75, 3.05) is 12.4 Å². The Hall–Kier alpha value is -0.700. The van der Waals surface area contributed by atoms with Gasteiger partial charge in [-0.15, -0.1) is 11.6 Å². The van der Waals surface area contributed by atoms with E-state index in [9.17, 15) is 4.79 Å². The molecule has 2 amide bonds. The molecule has 4 heteroatoms. The zero-order valence-corrected chi connectivity index (χ0v) is 6.61. The number of hydrogen-bond donors (Lipinski definition) is 2. The predicted molar refractivity (Wildman–Crippen MR) is 42.1 cm³/mol. The summed E-state index contributed by atoms with van der Waals surface area (Å²) in [6.07, 6.45) is 3.30. The lowest BCUT2D eigenvalue weighted by molar-refractivity contribution is 0.244. The molecule has 0 aromatic heterocycles. The van der Waals surface area contributed by atoms with Gasteiger partial charge in [0.2, 0.25) is 0 Å². The smallest absolute Gasteiger partial charge is 0.318 e. The van der Waals surface area contributed by atoms with Crippen LogP contribution >= 0.6 is 11.6 Å². The Bertz CT molecular complexity index is 125. The molecule has 0 heterocycles. The second-order valence-electron chi connectivity index (χ2n) is 1.59. The number of halogens is 1. The normalized spacial score (nSPS) is 9.80. The summed E-state index contributed by atoms with van der Waals surface area (Å²) in [4.78, 5) is 10.6. The van der Waals surface area contributed by atoms with E-state index in [1.54, 1.807) is 12.3 Å². The van der Waals surface area contributed by atoms with Crippen molar-refractivity contribution < 1.29 is 4.79 Å². The van der Waals surface area contributed by atoms with Crippen molar-refractivity contribution >= 4 is 17.6 Å². The molecule has 0 saturated heterocycles. The quantitative estimate of drug-likeness (QED) is 0.599. The highest BCUT2D eigenvalue weighted by Gasteiger charge is 1.91. The van der Waals surface area contributed by atoms with E-state index < -0.39 is 0 Å². The van der Waals surface area contributed by atoms with Crippen LogP contribution in [0.15, 0.2) is 12.3 Å². The first-order valence-electron chi connectivity index (χ1n) is 3.02. The summed E-state index contributed by atoms with van der Waals surface area (Å²) in [5, 5.41) is 5.01. The van der Waals surface area contributed by atoms with Crippen molar-refractivity contribution in [3.8, 4) is 0 Å². The summed E-state index contributed by atoms with van der Waals surface area (Å²) in [7, 11) is 0. The third-order valence-electron chi connectivity index (χ3n) is 0.761. The number of amides is 2. The third kappa shape index (κ3) is 5.44. The SMILES string of the molecule is C/C=C/NC(=O)NCCCl. The molecule has 0 radical (unpaired) electrons. The van der Waals surface area contributed by atoms with Crippen LogP contribution in [-0.4, -0.2) is 18.5 Å². The molecule has 0 bridgehead atoms. The van der Waals surface area contributed by atoms with E-state index in [0.717, 1.165) is 0 Å². The summed E-state index contributed by atoms with van der Waals surface area (Å²) in [6, 6.07) is -0.223. The lowest BCUT2D eigenvalue weighted by atomic mass is 10.7. The molecule has 0 fully saturated rings. The van der Waals surface area contributed by atoms with E-state index in [-0.39, 0.29) is 6.03 Å². The van der Waals surface area contributed by atoms with Crippen molar-refractivity contribution in [3.63, 3.8) is 0 Å². The lowest BCUT2D eigenvalue weighted by Gasteiger charge is -1.99. The predicted octanol–water partition coefficient (Wildman–Crippen LogP) is 1.06. The second-order valence-corrected chi connectivity index (χ2v) is 1.97. The number of nitrogens with one attached hydrogen (secondary N) is 2. The molecule has 0 rings (SSSR count). The van der Waals surface area contributed by atoms with Crippen LogP contribution in [0, 0.1) is 0 Å². The number of urea groups is 1. The molecule has 2 N–H and O–H groups in total. The van der Waals surface area contributed by atoms with Gasteiger partial charge in [-0.25, -0.2) is 4.79 Å². The van der Waals surface area contributed by atoms with Gasteiger partial charge in [0.25, 0.3) is 0 Å². The van der Waals surface area contributed by atoms with Crippen molar-refractivity contribution in [2.45, 2.75) is 6.92 Å². The summed E-state index contributed by atoms with van der Waals surface area (Å²) in [6.45, 7) is 2.31. The van der Waals surface area contributed by atoms with Gasteiger partial charge in [-0.3, -0.25) is 0 Å². The Morgan fingerprint density at radius 2 is 2.40 bits per heavy atom. The Balaban J connectivity index is 3.25. The van der Waals surface area contributed by atoms with Gasteiger partial charge in [-0.1, -0.05) is 6.08 Å². The van der Waals surface area contributed by atoms with Gasteiger partial charge in [0.15, 0.2) is 0 Å². The van der Waals surface area contributed by atoms with Crippen LogP contribution < -0.4 is 10.6 Å².